The first-order valence-electron chi connectivity index (χ1n) is 12.3. The standard InChI is InChI=1S/C29H31N3O3.ClH/c1-29(2)28(34)31-25-18-23(12-14-26(25)35-29)30-27(33)21-11-13-24(20-9-5-3-6-10-20)22(17-21)19-32-15-7-4-8-16-32;/h3,5-6,9-14,17-18H,4,7-8,15-16,19H2,1-2H3,(H,30,33)(H,31,34);1H. The van der Waals surface area contributed by atoms with Gasteiger partial charge >= 0.3 is 0 Å². The van der Waals surface area contributed by atoms with Gasteiger partial charge in [-0.2, -0.15) is 0 Å². The van der Waals surface area contributed by atoms with Gasteiger partial charge in [0.2, 0.25) is 0 Å². The number of likely N-dealkylation sites (tertiary alicyclic amines) is 1. The number of benzene rings is 3. The van der Waals surface area contributed by atoms with E-state index >= 15 is 0 Å². The predicted molar refractivity (Wildman–Crippen MR) is 146 cm³/mol. The van der Waals surface area contributed by atoms with Gasteiger partial charge in [-0.25, -0.2) is 0 Å². The van der Waals surface area contributed by atoms with Crippen molar-refractivity contribution in [1.29, 1.82) is 0 Å². The Morgan fingerprint density at radius 2 is 1.75 bits per heavy atom. The average Bonchev–Trinajstić information content (AvgIpc) is 2.86. The summed E-state index contributed by atoms with van der Waals surface area (Å²) in [4.78, 5) is 27.9. The van der Waals surface area contributed by atoms with E-state index in [1.165, 1.54) is 19.3 Å². The molecule has 2 amide bonds. The SMILES string of the molecule is CC1(C)Oc2ccc(NC(=O)c3ccc(-c4ccccc4)c(CN4CCCCC4)c3)cc2NC1=O.Cl. The molecule has 2 aliphatic rings. The van der Waals surface area contributed by atoms with Crippen molar-refractivity contribution in [3.05, 3.63) is 77.9 Å². The van der Waals surface area contributed by atoms with Gasteiger partial charge in [0.1, 0.15) is 5.75 Å². The van der Waals surface area contributed by atoms with Crippen molar-refractivity contribution in [2.24, 2.45) is 0 Å². The van der Waals surface area contributed by atoms with E-state index in [9.17, 15) is 9.59 Å². The van der Waals surface area contributed by atoms with E-state index in [4.69, 9.17) is 4.74 Å². The summed E-state index contributed by atoms with van der Waals surface area (Å²) in [6, 6.07) is 21.5. The van der Waals surface area contributed by atoms with Gasteiger partial charge in [-0.15, -0.1) is 12.4 Å². The lowest BCUT2D eigenvalue weighted by Crippen LogP contribution is -2.45. The van der Waals surface area contributed by atoms with E-state index < -0.39 is 5.60 Å². The van der Waals surface area contributed by atoms with Gasteiger partial charge in [0.05, 0.1) is 5.69 Å². The number of fused-ring (bicyclic) bond motifs is 1. The summed E-state index contributed by atoms with van der Waals surface area (Å²) in [7, 11) is 0. The average molecular weight is 506 g/mol. The van der Waals surface area contributed by atoms with E-state index in [-0.39, 0.29) is 24.2 Å². The van der Waals surface area contributed by atoms with Crippen molar-refractivity contribution in [3.63, 3.8) is 0 Å². The van der Waals surface area contributed by atoms with Gasteiger partial charge in [-0.1, -0.05) is 42.8 Å². The second kappa shape index (κ2) is 10.7. The van der Waals surface area contributed by atoms with Crippen LogP contribution in [0, 0.1) is 0 Å². The van der Waals surface area contributed by atoms with E-state index in [1.807, 2.05) is 36.4 Å². The van der Waals surface area contributed by atoms with Crippen molar-refractivity contribution in [2.45, 2.75) is 45.3 Å². The molecule has 3 aromatic rings. The Morgan fingerprint density at radius 1 is 1.00 bits per heavy atom. The quantitative estimate of drug-likeness (QED) is 0.438. The molecule has 2 N–H and O–H groups in total. The van der Waals surface area contributed by atoms with Crippen molar-refractivity contribution in [1.82, 2.24) is 4.90 Å². The van der Waals surface area contributed by atoms with Crippen molar-refractivity contribution >= 4 is 35.6 Å². The smallest absolute Gasteiger partial charge is 0.268 e. The molecular formula is C29H32ClN3O3. The number of ether oxygens (including phenoxy) is 1. The Kier molecular flexibility index (Phi) is 7.67. The van der Waals surface area contributed by atoms with Crippen LogP contribution in [0.25, 0.3) is 11.1 Å². The van der Waals surface area contributed by atoms with Crippen LogP contribution in [0.4, 0.5) is 11.4 Å². The van der Waals surface area contributed by atoms with Gasteiger partial charge in [0.15, 0.2) is 5.60 Å². The minimum atomic E-state index is -0.928. The number of rotatable bonds is 5. The van der Waals surface area contributed by atoms with E-state index in [0.29, 0.717) is 22.7 Å². The lowest BCUT2D eigenvalue weighted by molar-refractivity contribution is -0.129. The maximum Gasteiger partial charge on any atom is 0.268 e. The fourth-order valence-corrected chi connectivity index (χ4v) is 4.72. The molecule has 0 unspecified atom stereocenters. The number of anilines is 2. The molecule has 188 valence electrons. The Bertz CT molecular complexity index is 1250. The number of carbonyl (C=O) groups is 2. The number of hydrogen-bond donors (Lipinski definition) is 2. The number of nitrogens with one attached hydrogen (secondary N) is 2. The molecular weight excluding hydrogens is 474 g/mol. The molecule has 0 bridgehead atoms. The summed E-state index contributed by atoms with van der Waals surface area (Å²) < 4.78 is 5.79. The molecule has 0 spiro atoms. The molecule has 0 aliphatic carbocycles. The molecule has 0 aromatic heterocycles. The van der Waals surface area contributed by atoms with Crippen LogP contribution in [0.15, 0.2) is 66.7 Å². The highest BCUT2D eigenvalue weighted by Gasteiger charge is 2.35. The monoisotopic (exact) mass is 505 g/mol. The summed E-state index contributed by atoms with van der Waals surface area (Å²) in [6.07, 6.45) is 3.72. The second-order valence-corrected chi connectivity index (χ2v) is 9.81. The van der Waals surface area contributed by atoms with Crippen LogP contribution >= 0.6 is 12.4 Å². The lowest BCUT2D eigenvalue weighted by Gasteiger charge is -2.31. The molecule has 2 aliphatic heterocycles. The van der Waals surface area contributed by atoms with Crippen LogP contribution in [0.2, 0.25) is 0 Å². The molecule has 2 heterocycles. The Balaban J connectivity index is 0.00000304. The molecule has 36 heavy (non-hydrogen) atoms. The molecule has 6 nitrogen and oxygen atoms in total. The summed E-state index contributed by atoms with van der Waals surface area (Å²) in [5.74, 6) is 0.184. The highest BCUT2D eigenvalue weighted by Crippen LogP contribution is 2.35. The number of piperidine rings is 1. The van der Waals surface area contributed by atoms with Crippen LogP contribution < -0.4 is 15.4 Å². The molecule has 1 fully saturated rings. The summed E-state index contributed by atoms with van der Waals surface area (Å²) in [5.41, 5.74) is 4.29. The number of halogens is 1. The molecule has 7 heteroatoms. The van der Waals surface area contributed by atoms with Crippen LogP contribution in [0.1, 0.15) is 49.0 Å². The highest BCUT2D eigenvalue weighted by atomic mass is 35.5. The molecule has 0 atom stereocenters. The Labute approximate surface area is 218 Å². The first-order valence-corrected chi connectivity index (χ1v) is 12.3. The molecule has 0 saturated carbocycles. The van der Waals surface area contributed by atoms with Crippen LogP contribution in [-0.2, 0) is 11.3 Å². The minimum absolute atomic E-state index is 0. The van der Waals surface area contributed by atoms with Gasteiger partial charge in [0, 0.05) is 17.8 Å². The lowest BCUT2D eigenvalue weighted by atomic mass is 9.96. The zero-order valence-electron chi connectivity index (χ0n) is 20.7. The summed E-state index contributed by atoms with van der Waals surface area (Å²) >= 11 is 0. The van der Waals surface area contributed by atoms with Crippen molar-refractivity contribution < 1.29 is 14.3 Å². The third-order valence-corrected chi connectivity index (χ3v) is 6.69. The van der Waals surface area contributed by atoms with Crippen LogP contribution in [0.5, 0.6) is 5.75 Å². The highest BCUT2D eigenvalue weighted by molar-refractivity contribution is 6.06. The third-order valence-electron chi connectivity index (χ3n) is 6.69. The predicted octanol–water partition coefficient (Wildman–Crippen LogP) is 6.12. The van der Waals surface area contributed by atoms with E-state index in [0.717, 1.165) is 36.3 Å². The van der Waals surface area contributed by atoms with E-state index in [1.54, 1.807) is 32.0 Å². The fourth-order valence-electron chi connectivity index (χ4n) is 4.72. The van der Waals surface area contributed by atoms with Gasteiger partial charge < -0.3 is 15.4 Å². The van der Waals surface area contributed by atoms with Gasteiger partial charge in [-0.05, 0) is 86.8 Å². The fraction of sp³-hybridized carbons (Fsp3) is 0.310. The molecule has 0 radical (unpaired) electrons. The number of carbonyl (C=O) groups excluding carboxylic acids is 2. The maximum absolute atomic E-state index is 13.2. The Hall–Kier alpha value is -3.35. The number of amides is 2. The minimum Gasteiger partial charge on any atom is -0.476 e. The van der Waals surface area contributed by atoms with Gasteiger partial charge in [-0.3, -0.25) is 14.5 Å². The number of nitrogens with zero attached hydrogens (tertiary/aromatic N) is 1. The maximum atomic E-state index is 13.2. The summed E-state index contributed by atoms with van der Waals surface area (Å²) in [5, 5.41) is 5.84. The van der Waals surface area contributed by atoms with Gasteiger partial charge in [0.25, 0.3) is 11.8 Å². The zero-order chi connectivity index (χ0) is 24.4. The van der Waals surface area contributed by atoms with Crippen molar-refractivity contribution in [2.75, 3.05) is 23.7 Å². The zero-order valence-corrected chi connectivity index (χ0v) is 21.5. The van der Waals surface area contributed by atoms with Crippen molar-refractivity contribution in [3.8, 4) is 16.9 Å². The largest absolute Gasteiger partial charge is 0.476 e. The first kappa shape index (κ1) is 25.7. The topological polar surface area (TPSA) is 70.7 Å². The molecule has 3 aromatic carbocycles. The molecule has 1 saturated heterocycles. The summed E-state index contributed by atoms with van der Waals surface area (Å²) in [6.45, 7) is 6.45. The number of hydrogen-bond acceptors (Lipinski definition) is 4. The Morgan fingerprint density at radius 3 is 2.50 bits per heavy atom. The van der Waals surface area contributed by atoms with Crippen LogP contribution in [-0.4, -0.2) is 35.4 Å². The van der Waals surface area contributed by atoms with Crippen LogP contribution in [0.3, 0.4) is 0 Å². The normalized spacial score (nSPS) is 16.7. The van der Waals surface area contributed by atoms with E-state index in [2.05, 4.69) is 27.7 Å². The first-order chi connectivity index (χ1) is 16.9. The second-order valence-electron chi connectivity index (χ2n) is 9.81. The molecule has 5 rings (SSSR count). The third kappa shape index (κ3) is 5.55.